The fourth-order valence-electron chi connectivity index (χ4n) is 2.28. The number of ether oxygens (including phenoxy) is 1. The van der Waals surface area contributed by atoms with Crippen molar-refractivity contribution in [2.45, 2.75) is 25.4 Å². The number of pyridine rings is 1. The maximum atomic E-state index is 12.4. The van der Waals surface area contributed by atoms with Crippen LogP contribution in [0.15, 0.2) is 12.3 Å². The molecule has 1 unspecified atom stereocenters. The van der Waals surface area contributed by atoms with Crippen molar-refractivity contribution in [3.63, 3.8) is 0 Å². The summed E-state index contributed by atoms with van der Waals surface area (Å²) in [6, 6.07) is 1.22. The molecule has 0 spiro atoms. The van der Waals surface area contributed by atoms with Crippen LogP contribution >= 0.6 is 11.6 Å². The minimum Gasteiger partial charge on any atom is -0.376 e. The van der Waals surface area contributed by atoms with Gasteiger partial charge in [0.1, 0.15) is 16.9 Å². The van der Waals surface area contributed by atoms with Crippen LogP contribution in [-0.2, 0) is 4.74 Å². The molecule has 2 rings (SSSR count). The quantitative estimate of drug-likeness (QED) is 0.483. The van der Waals surface area contributed by atoms with Crippen LogP contribution < -0.4 is 0 Å². The van der Waals surface area contributed by atoms with Crippen molar-refractivity contribution in [1.82, 2.24) is 9.88 Å². The third-order valence-corrected chi connectivity index (χ3v) is 3.58. The molecule has 0 saturated carbocycles. The molecule has 1 aromatic rings. The Morgan fingerprint density at radius 2 is 2.38 bits per heavy atom. The van der Waals surface area contributed by atoms with E-state index < -0.39 is 10.8 Å². The lowest BCUT2D eigenvalue weighted by atomic mass is 10.1. The average molecular weight is 314 g/mol. The summed E-state index contributed by atoms with van der Waals surface area (Å²) in [5.74, 6) is -0.458. The number of rotatable bonds is 4. The molecule has 0 radical (unpaired) electrons. The molecule has 1 aromatic heterocycles. The van der Waals surface area contributed by atoms with Crippen LogP contribution in [0.25, 0.3) is 0 Å². The summed E-state index contributed by atoms with van der Waals surface area (Å²) in [5.41, 5.74) is -0.404. The first-order valence-corrected chi connectivity index (χ1v) is 7.04. The van der Waals surface area contributed by atoms with Crippen LogP contribution in [0.2, 0.25) is 5.15 Å². The topological polar surface area (TPSA) is 85.6 Å². The second-order valence-electron chi connectivity index (χ2n) is 4.96. The van der Waals surface area contributed by atoms with Crippen LogP contribution in [0.4, 0.5) is 5.69 Å². The minimum atomic E-state index is -0.637. The van der Waals surface area contributed by atoms with Gasteiger partial charge in [0.2, 0.25) is 0 Å². The highest BCUT2D eigenvalue weighted by molar-refractivity contribution is 6.29. The van der Waals surface area contributed by atoms with E-state index in [9.17, 15) is 14.9 Å². The molecule has 1 fully saturated rings. The Morgan fingerprint density at radius 3 is 3.00 bits per heavy atom. The number of likely N-dealkylation sites (N-methyl/N-ethyl adjacent to an activating group) is 1. The van der Waals surface area contributed by atoms with Crippen LogP contribution in [-0.4, -0.2) is 47.0 Å². The second-order valence-corrected chi connectivity index (χ2v) is 5.34. The molecule has 0 aliphatic carbocycles. The summed E-state index contributed by atoms with van der Waals surface area (Å²) >= 11 is 5.73. The standard InChI is InChI=1S/C13H16ClN3O4/c1-16(8-9-4-2-3-5-21-9)13(18)10-6-12(14)15-7-11(10)17(19)20/h6-7,9H,2-5,8H2,1H3. The minimum absolute atomic E-state index is 0.0240. The first-order chi connectivity index (χ1) is 9.99. The summed E-state index contributed by atoms with van der Waals surface area (Å²) in [6.45, 7) is 1.09. The van der Waals surface area contributed by atoms with Gasteiger partial charge in [0.05, 0.1) is 11.0 Å². The van der Waals surface area contributed by atoms with E-state index in [4.69, 9.17) is 16.3 Å². The van der Waals surface area contributed by atoms with E-state index in [0.29, 0.717) is 13.2 Å². The Balaban J connectivity index is 2.14. The molecule has 7 nitrogen and oxygen atoms in total. The molecular formula is C13H16ClN3O4. The fraction of sp³-hybridized carbons (Fsp3) is 0.538. The van der Waals surface area contributed by atoms with Crippen molar-refractivity contribution in [3.05, 3.63) is 33.1 Å². The Bertz CT molecular complexity index is 546. The molecule has 1 amide bonds. The third-order valence-electron chi connectivity index (χ3n) is 3.37. The van der Waals surface area contributed by atoms with Crippen LogP contribution in [0.1, 0.15) is 29.6 Å². The molecule has 114 valence electrons. The van der Waals surface area contributed by atoms with E-state index in [-0.39, 0.29) is 22.5 Å². The van der Waals surface area contributed by atoms with Gasteiger partial charge in [-0.15, -0.1) is 0 Å². The lowest BCUT2D eigenvalue weighted by Gasteiger charge is -2.27. The maximum Gasteiger partial charge on any atom is 0.300 e. The highest BCUT2D eigenvalue weighted by Gasteiger charge is 2.26. The summed E-state index contributed by atoms with van der Waals surface area (Å²) in [7, 11) is 1.60. The molecular weight excluding hydrogens is 298 g/mol. The molecule has 1 saturated heterocycles. The number of amides is 1. The van der Waals surface area contributed by atoms with E-state index in [1.165, 1.54) is 11.0 Å². The molecule has 1 atom stereocenters. The predicted octanol–water partition coefficient (Wildman–Crippen LogP) is 2.28. The third kappa shape index (κ3) is 3.89. The van der Waals surface area contributed by atoms with Gasteiger partial charge in [-0.1, -0.05) is 11.6 Å². The predicted molar refractivity (Wildman–Crippen MR) is 76.5 cm³/mol. The second kappa shape index (κ2) is 6.82. The van der Waals surface area contributed by atoms with E-state index in [2.05, 4.69) is 4.98 Å². The molecule has 0 N–H and O–H groups in total. The number of hydrogen-bond acceptors (Lipinski definition) is 5. The van der Waals surface area contributed by atoms with E-state index in [1.807, 2.05) is 0 Å². The average Bonchev–Trinajstić information content (AvgIpc) is 2.47. The van der Waals surface area contributed by atoms with Gasteiger partial charge in [0, 0.05) is 20.2 Å². The SMILES string of the molecule is CN(CC1CCCCO1)C(=O)c1cc(Cl)ncc1[N+](=O)[O-]. The number of carbonyl (C=O) groups excluding carboxylic acids is 1. The zero-order valence-electron chi connectivity index (χ0n) is 11.6. The fourth-order valence-corrected chi connectivity index (χ4v) is 2.44. The van der Waals surface area contributed by atoms with Gasteiger partial charge in [-0.25, -0.2) is 4.98 Å². The number of halogens is 1. The molecule has 0 bridgehead atoms. The zero-order chi connectivity index (χ0) is 15.4. The largest absolute Gasteiger partial charge is 0.376 e. The van der Waals surface area contributed by atoms with Gasteiger partial charge >= 0.3 is 0 Å². The van der Waals surface area contributed by atoms with Crippen molar-refractivity contribution in [1.29, 1.82) is 0 Å². The summed E-state index contributed by atoms with van der Waals surface area (Å²) in [4.78, 5) is 27.8. The highest BCUT2D eigenvalue weighted by Crippen LogP contribution is 2.22. The Hall–Kier alpha value is -1.73. The van der Waals surface area contributed by atoms with Gasteiger partial charge in [-0.2, -0.15) is 0 Å². The normalized spacial score (nSPS) is 18.3. The molecule has 0 aromatic carbocycles. The monoisotopic (exact) mass is 313 g/mol. The smallest absolute Gasteiger partial charge is 0.300 e. The lowest BCUT2D eigenvalue weighted by Crippen LogP contribution is -2.37. The van der Waals surface area contributed by atoms with Crippen LogP contribution in [0.3, 0.4) is 0 Å². The Kier molecular flexibility index (Phi) is 5.08. The van der Waals surface area contributed by atoms with Crippen LogP contribution in [0, 0.1) is 10.1 Å². The Morgan fingerprint density at radius 1 is 1.62 bits per heavy atom. The highest BCUT2D eigenvalue weighted by atomic mass is 35.5. The molecule has 1 aliphatic rings. The van der Waals surface area contributed by atoms with Gasteiger partial charge < -0.3 is 9.64 Å². The van der Waals surface area contributed by atoms with Gasteiger partial charge in [0.25, 0.3) is 11.6 Å². The van der Waals surface area contributed by atoms with Gasteiger partial charge in [-0.05, 0) is 25.3 Å². The maximum absolute atomic E-state index is 12.4. The van der Waals surface area contributed by atoms with E-state index >= 15 is 0 Å². The first kappa shape index (κ1) is 15.7. The first-order valence-electron chi connectivity index (χ1n) is 6.66. The summed E-state index contributed by atoms with van der Waals surface area (Å²) < 4.78 is 5.57. The van der Waals surface area contributed by atoms with Crippen molar-refractivity contribution in [2.75, 3.05) is 20.2 Å². The number of nitrogens with zero attached hydrogens (tertiary/aromatic N) is 3. The molecule has 21 heavy (non-hydrogen) atoms. The van der Waals surface area contributed by atoms with Crippen molar-refractivity contribution in [2.24, 2.45) is 0 Å². The van der Waals surface area contributed by atoms with Gasteiger partial charge in [-0.3, -0.25) is 14.9 Å². The van der Waals surface area contributed by atoms with Crippen molar-refractivity contribution in [3.8, 4) is 0 Å². The van der Waals surface area contributed by atoms with Crippen molar-refractivity contribution >= 4 is 23.2 Å². The summed E-state index contributed by atoms with van der Waals surface area (Å²) in [5, 5.41) is 11.0. The zero-order valence-corrected chi connectivity index (χ0v) is 12.4. The van der Waals surface area contributed by atoms with E-state index in [0.717, 1.165) is 25.5 Å². The molecule has 2 heterocycles. The number of hydrogen-bond donors (Lipinski definition) is 0. The van der Waals surface area contributed by atoms with Crippen LogP contribution in [0.5, 0.6) is 0 Å². The Labute approximate surface area is 127 Å². The summed E-state index contributed by atoms with van der Waals surface area (Å²) in [6.07, 6.45) is 3.95. The lowest BCUT2D eigenvalue weighted by molar-refractivity contribution is -0.385. The number of carbonyl (C=O) groups is 1. The van der Waals surface area contributed by atoms with Gasteiger partial charge in [0.15, 0.2) is 0 Å². The number of nitro groups is 1. The van der Waals surface area contributed by atoms with E-state index in [1.54, 1.807) is 7.05 Å². The van der Waals surface area contributed by atoms with Crippen molar-refractivity contribution < 1.29 is 14.5 Å². The molecule has 1 aliphatic heterocycles. The number of aromatic nitrogens is 1. The molecule has 8 heteroatoms.